The van der Waals surface area contributed by atoms with E-state index in [-0.39, 0.29) is 0 Å². The highest BCUT2D eigenvalue weighted by Gasteiger charge is 2.14. The van der Waals surface area contributed by atoms with Gasteiger partial charge in [0, 0.05) is 17.1 Å². The van der Waals surface area contributed by atoms with E-state index in [1.807, 2.05) is 6.07 Å². The van der Waals surface area contributed by atoms with Gasteiger partial charge in [0.15, 0.2) is 0 Å². The second kappa shape index (κ2) is 4.71. The smallest absolute Gasteiger partial charge is 0.146 e. The summed E-state index contributed by atoms with van der Waals surface area (Å²) < 4.78 is 3.06. The highest BCUT2D eigenvalue weighted by atomic mass is 79.9. The summed E-state index contributed by atoms with van der Waals surface area (Å²) in [6.07, 6.45) is 2.16. The molecule has 0 atom stereocenters. The maximum Gasteiger partial charge on any atom is 0.146 e. The van der Waals surface area contributed by atoms with Gasteiger partial charge in [-0.25, -0.2) is 4.98 Å². The van der Waals surface area contributed by atoms with Gasteiger partial charge in [0.25, 0.3) is 0 Å². The number of imidazole rings is 1. The molecule has 0 saturated heterocycles. The Morgan fingerprint density at radius 3 is 2.33 bits per heavy atom. The van der Waals surface area contributed by atoms with E-state index in [0.717, 1.165) is 21.5 Å². The molecule has 0 amide bonds. The van der Waals surface area contributed by atoms with Gasteiger partial charge in [-0.1, -0.05) is 54.6 Å². The first-order chi connectivity index (χ1) is 10.3. The van der Waals surface area contributed by atoms with Crippen LogP contribution in [-0.2, 0) is 0 Å². The van der Waals surface area contributed by atoms with Crippen molar-refractivity contribution in [2.24, 2.45) is 0 Å². The molecular formula is C18H13BrN2. The minimum absolute atomic E-state index is 0.879. The lowest BCUT2D eigenvalue weighted by molar-refractivity contribution is 1.18. The summed E-state index contributed by atoms with van der Waals surface area (Å²) in [6, 6.07) is 18.8. The Morgan fingerprint density at radius 1 is 0.905 bits per heavy atom. The summed E-state index contributed by atoms with van der Waals surface area (Å²) in [6.45, 7) is 2.14. The quantitative estimate of drug-likeness (QED) is 0.465. The largest absolute Gasteiger partial charge is 0.298 e. The minimum Gasteiger partial charge on any atom is -0.298 e. The Kier molecular flexibility index (Phi) is 2.82. The predicted molar refractivity (Wildman–Crippen MR) is 90.6 cm³/mol. The highest BCUT2D eigenvalue weighted by molar-refractivity contribution is 9.10. The van der Waals surface area contributed by atoms with Gasteiger partial charge in [0.05, 0.1) is 5.69 Å². The van der Waals surface area contributed by atoms with Crippen LogP contribution in [0.3, 0.4) is 0 Å². The number of nitrogens with zero attached hydrogens (tertiary/aromatic N) is 2. The predicted octanol–water partition coefficient (Wildman–Crippen LogP) is 5.23. The van der Waals surface area contributed by atoms with Gasteiger partial charge in [0.2, 0.25) is 0 Å². The van der Waals surface area contributed by atoms with E-state index in [0.29, 0.717) is 0 Å². The van der Waals surface area contributed by atoms with Crippen molar-refractivity contribution in [3.63, 3.8) is 0 Å². The lowest BCUT2D eigenvalue weighted by Crippen LogP contribution is -1.92. The van der Waals surface area contributed by atoms with Gasteiger partial charge in [-0.05, 0) is 33.8 Å². The Balaban J connectivity index is 2.17. The monoisotopic (exact) mass is 336 g/mol. The number of benzene rings is 2. The molecule has 3 heteroatoms. The highest BCUT2D eigenvalue weighted by Crippen LogP contribution is 2.33. The molecule has 0 saturated carbocycles. The number of aromatic nitrogens is 2. The third-order valence-corrected chi connectivity index (χ3v) is 4.38. The first kappa shape index (κ1) is 12.6. The lowest BCUT2D eigenvalue weighted by atomic mass is 10.1. The fraction of sp³-hybridized carbons (Fsp3) is 0.0556. The summed E-state index contributed by atoms with van der Waals surface area (Å²) in [5, 5.41) is 2.43. The van der Waals surface area contributed by atoms with Crippen LogP contribution in [0.25, 0.3) is 27.7 Å². The summed E-state index contributed by atoms with van der Waals surface area (Å²) in [4.78, 5) is 4.74. The first-order valence-electron chi connectivity index (χ1n) is 6.87. The molecular weight excluding hydrogens is 324 g/mol. The van der Waals surface area contributed by atoms with Crippen molar-refractivity contribution >= 4 is 32.3 Å². The average molecular weight is 337 g/mol. The van der Waals surface area contributed by atoms with Crippen molar-refractivity contribution < 1.29 is 0 Å². The Labute approximate surface area is 131 Å². The third-order valence-electron chi connectivity index (χ3n) is 3.83. The van der Waals surface area contributed by atoms with Gasteiger partial charge < -0.3 is 0 Å². The molecule has 0 radical (unpaired) electrons. The molecule has 0 N–H and O–H groups in total. The van der Waals surface area contributed by atoms with Crippen LogP contribution in [0.5, 0.6) is 0 Å². The molecule has 2 nitrogen and oxygen atoms in total. The van der Waals surface area contributed by atoms with Crippen molar-refractivity contribution in [3.05, 3.63) is 71.0 Å². The van der Waals surface area contributed by atoms with E-state index in [2.05, 4.69) is 82.0 Å². The molecule has 4 aromatic rings. The molecule has 0 bridgehead atoms. The Bertz CT molecular complexity index is 955. The van der Waals surface area contributed by atoms with Crippen molar-refractivity contribution in [1.82, 2.24) is 9.38 Å². The molecule has 0 aliphatic heterocycles. The van der Waals surface area contributed by atoms with E-state index < -0.39 is 0 Å². The molecule has 0 aliphatic carbocycles. The van der Waals surface area contributed by atoms with Gasteiger partial charge in [0.1, 0.15) is 10.3 Å². The van der Waals surface area contributed by atoms with Gasteiger partial charge in [-0.2, -0.15) is 0 Å². The molecule has 21 heavy (non-hydrogen) atoms. The number of rotatable bonds is 1. The van der Waals surface area contributed by atoms with Crippen LogP contribution in [0.1, 0.15) is 5.56 Å². The zero-order valence-corrected chi connectivity index (χ0v) is 13.1. The molecule has 0 spiro atoms. The van der Waals surface area contributed by atoms with E-state index >= 15 is 0 Å². The average Bonchev–Trinajstić information content (AvgIpc) is 2.85. The van der Waals surface area contributed by atoms with Crippen molar-refractivity contribution in [3.8, 4) is 11.3 Å². The zero-order chi connectivity index (χ0) is 14.4. The summed E-state index contributed by atoms with van der Waals surface area (Å²) in [5.74, 6) is 0. The molecule has 2 aromatic carbocycles. The van der Waals surface area contributed by atoms with Crippen molar-refractivity contribution in [2.45, 2.75) is 6.92 Å². The zero-order valence-electron chi connectivity index (χ0n) is 11.5. The fourth-order valence-electron chi connectivity index (χ4n) is 2.86. The fourth-order valence-corrected chi connectivity index (χ4v) is 3.45. The van der Waals surface area contributed by atoms with Crippen molar-refractivity contribution in [2.75, 3.05) is 0 Å². The van der Waals surface area contributed by atoms with E-state index in [9.17, 15) is 0 Å². The maximum atomic E-state index is 4.74. The van der Waals surface area contributed by atoms with Gasteiger partial charge >= 0.3 is 0 Å². The number of pyridine rings is 1. The second-order valence-corrected chi connectivity index (χ2v) is 5.92. The normalized spacial score (nSPS) is 11.3. The standard InChI is InChI=1S/C18H13BrN2/c1-12-11-21-16(13-7-3-2-4-8-13)17(19)20-18(21)15-10-6-5-9-14(12)15/h2-11H,1H3. The van der Waals surface area contributed by atoms with Gasteiger partial charge in [-0.15, -0.1) is 0 Å². The maximum absolute atomic E-state index is 4.74. The number of halogens is 1. The van der Waals surface area contributed by atoms with E-state index in [1.165, 1.54) is 16.3 Å². The Morgan fingerprint density at radius 2 is 1.57 bits per heavy atom. The number of fused-ring (bicyclic) bond motifs is 3. The van der Waals surface area contributed by atoms with Crippen LogP contribution >= 0.6 is 15.9 Å². The summed E-state index contributed by atoms with van der Waals surface area (Å²) in [7, 11) is 0. The van der Waals surface area contributed by atoms with Crippen LogP contribution in [0.15, 0.2) is 65.4 Å². The van der Waals surface area contributed by atoms with Gasteiger partial charge in [-0.3, -0.25) is 4.40 Å². The molecule has 2 aromatic heterocycles. The van der Waals surface area contributed by atoms with Crippen LogP contribution in [-0.4, -0.2) is 9.38 Å². The molecule has 4 rings (SSSR count). The number of hydrogen-bond acceptors (Lipinski definition) is 1. The lowest BCUT2D eigenvalue weighted by Gasteiger charge is -2.07. The summed E-state index contributed by atoms with van der Waals surface area (Å²) >= 11 is 3.62. The van der Waals surface area contributed by atoms with Crippen LogP contribution in [0.2, 0.25) is 0 Å². The van der Waals surface area contributed by atoms with E-state index in [1.54, 1.807) is 0 Å². The van der Waals surface area contributed by atoms with Crippen LogP contribution in [0, 0.1) is 6.92 Å². The second-order valence-electron chi connectivity index (χ2n) is 5.17. The molecule has 0 unspecified atom stereocenters. The summed E-state index contributed by atoms with van der Waals surface area (Å²) in [5.41, 5.74) is 4.49. The minimum atomic E-state index is 0.879. The van der Waals surface area contributed by atoms with Crippen LogP contribution in [0.4, 0.5) is 0 Å². The Hall–Kier alpha value is -2.13. The topological polar surface area (TPSA) is 17.3 Å². The molecule has 0 fully saturated rings. The first-order valence-corrected chi connectivity index (χ1v) is 7.66. The number of aryl methyl sites for hydroxylation is 1. The molecule has 2 heterocycles. The number of hydrogen-bond donors (Lipinski definition) is 0. The van der Waals surface area contributed by atoms with E-state index in [4.69, 9.17) is 4.98 Å². The SMILES string of the molecule is Cc1cn2c(-c3ccccc3)c(Br)nc2c2ccccc12. The molecule has 0 aliphatic rings. The molecule has 102 valence electrons. The van der Waals surface area contributed by atoms with Crippen LogP contribution < -0.4 is 0 Å². The third kappa shape index (κ3) is 1.88. The van der Waals surface area contributed by atoms with Crippen molar-refractivity contribution in [1.29, 1.82) is 0 Å².